The van der Waals surface area contributed by atoms with E-state index in [1.165, 1.54) is 7.11 Å². The van der Waals surface area contributed by atoms with Crippen LogP contribution in [-0.2, 0) is 16.1 Å². The van der Waals surface area contributed by atoms with Crippen LogP contribution in [-0.4, -0.2) is 44.6 Å². The van der Waals surface area contributed by atoms with Crippen LogP contribution in [0.5, 0.6) is 0 Å². The number of methoxy groups -OCH3 is 1. The number of ether oxygens (including phenoxy) is 1. The molecule has 0 bridgehead atoms. The van der Waals surface area contributed by atoms with Gasteiger partial charge in [0.15, 0.2) is 0 Å². The highest BCUT2D eigenvalue weighted by Crippen LogP contribution is 2.59. The molecule has 1 amide bonds. The zero-order valence-corrected chi connectivity index (χ0v) is 21.5. The number of fused-ring (bicyclic) bond motifs is 1. The molecule has 192 valence electrons. The summed E-state index contributed by atoms with van der Waals surface area (Å²) >= 11 is 0. The number of rotatable bonds is 6. The van der Waals surface area contributed by atoms with E-state index >= 15 is 0 Å². The largest absolute Gasteiger partial charge is 0.469 e. The van der Waals surface area contributed by atoms with E-state index in [9.17, 15) is 9.59 Å². The van der Waals surface area contributed by atoms with Crippen molar-refractivity contribution in [3.8, 4) is 17.5 Å². The predicted octanol–water partition coefficient (Wildman–Crippen LogP) is 4.10. The molecule has 8 nitrogen and oxygen atoms in total. The Labute approximate surface area is 221 Å². The van der Waals surface area contributed by atoms with Crippen molar-refractivity contribution in [3.05, 3.63) is 77.7 Å². The second-order valence-electron chi connectivity index (χ2n) is 10.4. The van der Waals surface area contributed by atoms with Crippen molar-refractivity contribution in [1.29, 1.82) is 0 Å². The fourth-order valence-electron chi connectivity index (χ4n) is 6.10. The minimum atomic E-state index is -0.120. The van der Waals surface area contributed by atoms with Gasteiger partial charge in [0.1, 0.15) is 0 Å². The second-order valence-corrected chi connectivity index (χ2v) is 10.4. The van der Waals surface area contributed by atoms with Gasteiger partial charge in [0.2, 0.25) is 0 Å². The summed E-state index contributed by atoms with van der Waals surface area (Å²) in [6.45, 7) is 2.32. The van der Waals surface area contributed by atoms with Gasteiger partial charge in [0.25, 0.3) is 5.91 Å². The lowest BCUT2D eigenvalue weighted by molar-refractivity contribution is -0.159. The molecule has 2 aliphatic carbocycles. The quantitative estimate of drug-likeness (QED) is 0.313. The van der Waals surface area contributed by atoms with Crippen molar-refractivity contribution < 1.29 is 14.3 Å². The first kappa shape index (κ1) is 24.0. The highest BCUT2D eigenvalue weighted by atomic mass is 16.5. The van der Waals surface area contributed by atoms with E-state index in [1.54, 1.807) is 19.3 Å². The van der Waals surface area contributed by atoms with Gasteiger partial charge in [0.05, 0.1) is 42.5 Å². The number of esters is 1. The summed E-state index contributed by atoms with van der Waals surface area (Å²) in [4.78, 5) is 25.2. The third-order valence-electron chi connectivity index (χ3n) is 7.93. The normalized spacial score (nSPS) is 21.7. The average molecular weight is 508 g/mol. The predicted molar refractivity (Wildman–Crippen MR) is 143 cm³/mol. The molecule has 0 atom stereocenters. The Kier molecular flexibility index (Phi) is 5.99. The molecule has 4 aromatic rings. The van der Waals surface area contributed by atoms with E-state index in [2.05, 4.69) is 27.4 Å². The van der Waals surface area contributed by atoms with Crippen LogP contribution in [0.25, 0.3) is 16.6 Å². The molecule has 0 unspecified atom stereocenters. The minimum Gasteiger partial charge on any atom is -0.469 e. The van der Waals surface area contributed by atoms with Gasteiger partial charge in [-0.05, 0) is 73.9 Å². The van der Waals surface area contributed by atoms with Crippen LogP contribution >= 0.6 is 0 Å². The fraction of sp³-hybridized carbons (Fsp3) is 0.333. The van der Waals surface area contributed by atoms with Crippen molar-refractivity contribution in [1.82, 2.24) is 24.9 Å². The molecular formula is C30H29N5O3. The van der Waals surface area contributed by atoms with Crippen molar-refractivity contribution in [2.75, 3.05) is 7.11 Å². The van der Waals surface area contributed by atoms with Gasteiger partial charge >= 0.3 is 5.97 Å². The molecule has 2 heterocycles. The second kappa shape index (κ2) is 9.49. The number of nitrogens with zero attached hydrogens (tertiary/aromatic N) is 4. The lowest BCUT2D eigenvalue weighted by Crippen LogP contribution is -2.57. The van der Waals surface area contributed by atoms with Crippen LogP contribution in [0.4, 0.5) is 0 Å². The monoisotopic (exact) mass is 507 g/mol. The summed E-state index contributed by atoms with van der Waals surface area (Å²) in [7, 11) is 1.44. The fourth-order valence-corrected chi connectivity index (χ4v) is 6.10. The number of amides is 1. The maximum absolute atomic E-state index is 13.5. The lowest BCUT2D eigenvalue weighted by Gasteiger charge is -2.56. The Balaban J connectivity index is 1.22. The molecule has 2 fully saturated rings. The Morgan fingerprint density at radius 3 is 2.58 bits per heavy atom. The van der Waals surface area contributed by atoms with E-state index in [-0.39, 0.29) is 29.3 Å². The number of carbonyl (C=O) groups excluding carboxylic acids is 2. The van der Waals surface area contributed by atoms with Crippen molar-refractivity contribution in [2.45, 2.75) is 45.2 Å². The van der Waals surface area contributed by atoms with Crippen molar-refractivity contribution in [3.63, 3.8) is 0 Å². The van der Waals surface area contributed by atoms with Gasteiger partial charge in [0, 0.05) is 29.4 Å². The van der Waals surface area contributed by atoms with E-state index < -0.39 is 0 Å². The van der Waals surface area contributed by atoms with Gasteiger partial charge in [-0.2, -0.15) is 10.2 Å². The summed E-state index contributed by atoms with van der Waals surface area (Å²) in [5.74, 6) is 5.88. The standard InChI is InChI=1S/C30H29N5O3/c1-3-5-21-8-11-25(28(36)33-23-16-30(17-23)14-22(15-30)29(37)38-2)27-26(21)18-32-35(27)19-20-6-9-24(10-7-20)34-13-4-12-31-34/h4,6-13,18,22-23H,14-17,19H2,1-2H3,(H,33,36). The smallest absolute Gasteiger partial charge is 0.308 e. The van der Waals surface area contributed by atoms with E-state index in [4.69, 9.17) is 4.74 Å². The molecule has 2 aliphatic rings. The van der Waals surface area contributed by atoms with Crippen LogP contribution in [0.1, 0.15) is 54.1 Å². The van der Waals surface area contributed by atoms with Crippen LogP contribution in [0.15, 0.2) is 61.1 Å². The van der Waals surface area contributed by atoms with Crippen LogP contribution in [0, 0.1) is 23.2 Å². The van der Waals surface area contributed by atoms with E-state index in [0.29, 0.717) is 12.1 Å². The number of carbonyl (C=O) groups is 2. The Hall–Kier alpha value is -4.38. The third-order valence-corrected chi connectivity index (χ3v) is 7.93. The molecule has 0 radical (unpaired) electrons. The Morgan fingerprint density at radius 1 is 1.11 bits per heavy atom. The summed E-state index contributed by atoms with van der Waals surface area (Å²) in [5, 5.41) is 13.0. The number of hydrogen-bond donors (Lipinski definition) is 1. The lowest BCUT2D eigenvalue weighted by atomic mass is 9.50. The van der Waals surface area contributed by atoms with Crippen LogP contribution < -0.4 is 5.32 Å². The van der Waals surface area contributed by atoms with Gasteiger partial charge < -0.3 is 10.1 Å². The Bertz CT molecular complexity index is 1560. The first-order valence-electron chi connectivity index (χ1n) is 12.9. The SMILES string of the molecule is CC#Cc1ccc(C(=O)NC2CC3(C2)CC(C(=O)OC)C3)c2c1cnn2Cc1ccc(-n2cccn2)cc1. The van der Waals surface area contributed by atoms with Gasteiger partial charge in [-0.15, -0.1) is 5.92 Å². The molecular weight excluding hydrogens is 478 g/mol. The topological polar surface area (TPSA) is 91.0 Å². The van der Waals surface area contributed by atoms with Gasteiger partial charge in [-0.3, -0.25) is 14.3 Å². The average Bonchev–Trinajstić information content (AvgIpc) is 3.56. The van der Waals surface area contributed by atoms with E-state index in [1.807, 2.05) is 58.0 Å². The van der Waals surface area contributed by atoms with E-state index in [0.717, 1.165) is 53.4 Å². The highest BCUT2D eigenvalue weighted by molar-refractivity contribution is 6.07. The molecule has 1 spiro atoms. The molecule has 2 aromatic carbocycles. The maximum atomic E-state index is 13.5. The zero-order valence-electron chi connectivity index (χ0n) is 21.5. The third kappa shape index (κ3) is 4.24. The Morgan fingerprint density at radius 2 is 1.89 bits per heavy atom. The number of hydrogen-bond acceptors (Lipinski definition) is 5. The summed E-state index contributed by atoms with van der Waals surface area (Å²) in [5.41, 5.74) is 4.45. The first-order valence-corrected chi connectivity index (χ1v) is 12.9. The summed E-state index contributed by atoms with van der Waals surface area (Å²) < 4.78 is 8.56. The summed E-state index contributed by atoms with van der Waals surface area (Å²) in [6, 6.07) is 13.9. The van der Waals surface area contributed by atoms with Crippen molar-refractivity contribution in [2.24, 2.45) is 11.3 Å². The number of benzene rings is 2. The molecule has 6 rings (SSSR count). The molecule has 8 heteroatoms. The number of aromatic nitrogens is 4. The zero-order chi connectivity index (χ0) is 26.3. The van der Waals surface area contributed by atoms with Crippen molar-refractivity contribution >= 4 is 22.8 Å². The minimum absolute atomic E-state index is 0.00598. The van der Waals surface area contributed by atoms with Gasteiger partial charge in [-0.1, -0.05) is 18.1 Å². The van der Waals surface area contributed by atoms with Crippen LogP contribution in [0.3, 0.4) is 0 Å². The molecule has 0 saturated heterocycles. The van der Waals surface area contributed by atoms with Gasteiger partial charge in [-0.25, -0.2) is 4.68 Å². The highest BCUT2D eigenvalue weighted by Gasteiger charge is 2.55. The first-order chi connectivity index (χ1) is 18.5. The number of nitrogens with one attached hydrogen (secondary N) is 1. The maximum Gasteiger partial charge on any atom is 0.308 e. The molecule has 2 aromatic heterocycles. The van der Waals surface area contributed by atoms with Crippen LogP contribution in [0.2, 0.25) is 0 Å². The molecule has 2 saturated carbocycles. The molecule has 1 N–H and O–H groups in total. The molecule has 0 aliphatic heterocycles. The summed E-state index contributed by atoms with van der Waals surface area (Å²) in [6.07, 6.45) is 8.96. The molecule has 38 heavy (non-hydrogen) atoms.